The van der Waals surface area contributed by atoms with E-state index in [9.17, 15) is 4.79 Å². The first kappa shape index (κ1) is 12.1. The van der Waals surface area contributed by atoms with Gasteiger partial charge in [0.1, 0.15) is 0 Å². The van der Waals surface area contributed by atoms with Crippen molar-refractivity contribution in [1.29, 1.82) is 0 Å². The van der Waals surface area contributed by atoms with Gasteiger partial charge in [-0.15, -0.1) is 11.6 Å². The van der Waals surface area contributed by atoms with E-state index in [0.29, 0.717) is 18.1 Å². The minimum atomic E-state index is -0.297. The molecule has 1 rings (SSSR count). The number of carbonyl (C=O) groups excluding carboxylic acids is 1. The Balaban J connectivity index is 2.51. The van der Waals surface area contributed by atoms with Crippen LogP contribution < -0.4 is 0 Å². The SMILES string of the molecule is CC(C)(CCl)COC(=O)c1ccccc1. The number of hydrogen-bond acceptors (Lipinski definition) is 2. The van der Waals surface area contributed by atoms with Crippen LogP contribution in [0.15, 0.2) is 30.3 Å². The Hall–Kier alpha value is -1.02. The van der Waals surface area contributed by atoms with Gasteiger partial charge in [0.15, 0.2) is 0 Å². The number of hydrogen-bond donors (Lipinski definition) is 0. The summed E-state index contributed by atoms with van der Waals surface area (Å²) >= 11 is 5.73. The Kier molecular flexibility index (Phi) is 4.15. The van der Waals surface area contributed by atoms with Crippen molar-refractivity contribution < 1.29 is 9.53 Å². The highest BCUT2D eigenvalue weighted by Gasteiger charge is 2.19. The van der Waals surface area contributed by atoms with Crippen molar-refractivity contribution in [3.8, 4) is 0 Å². The quantitative estimate of drug-likeness (QED) is 0.583. The average molecular weight is 227 g/mol. The third-order valence-electron chi connectivity index (χ3n) is 1.97. The van der Waals surface area contributed by atoms with E-state index >= 15 is 0 Å². The molecule has 3 heteroatoms. The van der Waals surface area contributed by atoms with Crippen LogP contribution in [-0.4, -0.2) is 18.5 Å². The summed E-state index contributed by atoms with van der Waals surface area (Å²) in [7, 11) is 0. The highest BCUT2D eigenvalue weighted by Crippen LogP contribution is 2.17. The summed E-state index contributed by atoms with van der Waals surface area (Å²) in [6.07, 6.45) is 0. The number of benzene rings is 1. The molecule has 0 atom stereocenters. The summed E-state index contributed by atoms with van der Waals surface area (Å²) in [5.74, 6) is 0.170. The summed E-state index contributed by atoms with van der Waals surface area (Å²) < 4.78 is 5.16. The van der Waals surface area contributed by atoms with Crippen LogP contribution >= 0.6 is 11.6 Å². The van der Waals surface area contributed by atoms with Crippen LogP contribution in [0.4, 0.5) is 0 Å². The lowest BCUT2D eigenvalue weighted by atomic mass is 9.98. The maximum Gasteiger partial charge on any atom is 0.338 e. The molecular formula is C12H15ClO2. The largest absolute Gasteiger partial charge is 0.461 e. The summed E-state index contributed by atoms with van der Waals surface area (Å²) in [6, 6.07) is 8.94. The molecule has 0 aliphatic heterocycles. The Morgan fingerprint density at radius 3 is 2.47 bits per heavy atom. The van der Waals surface area contributed by atoms with Crippen LogP contribution in [-0.2, 0) is 4.74 Å². The second-order valence-corrected chi connectivity index (χ2v) is 4.51. The van der Waals surface area contributed by atoms with Crippen LogP contribution in [0.25, 0.3) is 0 Å². The van der Waals surface area contributed by atoms with Crippen LogP contribution in [0, 0.1) is 5.41 Å². The van der Waals surface area contributed by atoms with E-state index in [1.807, 2.05) is 32.0 Å². The molecule has 0 fully saturated rings. The molecule has 1 aromatic carbocycles. The Morgan fingerprint density at radius 1 is 1.33 bits per heavy atom. The molecule has 0 heterocycles. The maximum atomic E-state index is 11.5. The predicted octanol–water partition coefficient (Wildman–Crippen LogP) is 3.11. The average Bonchev–Trinajstić information content (AvgIpc) is 2.27. The van der Waals surface area contributed by atoms with Crippen molar-refractivity contribution in [2.24, 2.45) is 5.41 Å². The fraction of sp³-hybridized carbons (Fsp3) is 0.417. The van der Waals surface area contributed by atoms with E-state index in [4.69, 9.17) is 16.3 Å². The number of alkyl halides is 1. The zero-order valence-electron chi connectivity index (χ0n) is 9.00. The molecule has 0 aliphatic rings. The molecule has 0 saturated carbocycles. The Labute approximate surface area is 95.2 Å². The number of esters is 1. The summed E-state index contributed by atoms with van der Waals surface area (Å²) in [4.78, 5) is 11.5. The molecule has 0 spiro atoms. The molecule has 0 saturated heterocycles. The first-order valence-corrected chi connectivity index (χ1v) is 5.37. The number of ether oxygens (including phenoxy) is 1. The number of carbonyl (C=O) groups is 1. The van der Waals surface area contributed by atoms with Gasteiger partial charge in [0.05, 0.1) is 12.2 Å². The predicted molar refractivity (Wildman–Crippen MR) is 61.2 cm³/mol. The van der Waals surface area contributed by atoms with Crippen LogP contribution in [0.1, 0.15) is 24.2 Å². The second kappa shape index (κ2) is 5.17. The summed E-state index contributed by atoms with van der Waals surface area (Å²) in [6.45, 7) is 4.25. The van der Waals surface area contributed by atoms with Gasteiger partial charge in [-0.05, 0) is 12.1 Å². The van der Waals surface area contributed by atoms with Gasteiger partial charge in [-0.2, -0.15) is 0 Å². The fourth-order valence-electron chi connectivity index (χ4n) is 0.957. The molecule has 82 valence electrons. The Bertz CT molecular complexity index is 320. The third kappa shape index (κ3) is 3.92. The van der Waals surface area contributed by atoms with Crippen molar-refractivity contribution in [2.75, 3.05) is 12.5 Å². The highest BCUT2D eigenvalue weighted by atomic mass is 35.5. The monoisotopic (exact) mass is 226 g/mol. The van der Waals surface area contributed by atoms with Gasteiger partial charge in [-0.3, -0.25) is 0 Å². The van der Waals surface area contributed by atoms with E-state index in [2.05, 4.69) is 0 Å². The minimum absolute atomic E-state index is 0.175. The van der Waals surface area contributed by atoms with Gasteiger partial charge in [0, 0.05) is 11.3 Å². The molecule has 0 bridgehead atoms. The lowest BCUT2D eigenvalue weighted by Crippen LogP contribution is -2.23. The first-order chi connectivity index (χ1) is 7.05. The molecule has 0 unspecified atom stereocenters. The fourth-order valence-corrected chi connectivity index (χ4v) is 1.03. The van der Waals surface area contributed by atoms with E-state index in [1.165, 1.54) is 0 Å². The summed E-state index contributed by atoms with van der Waals surface area (Å²) in [5, 5.41) is 0. The first-order valence-electron chi connectivity index (χ1n) is 4.83. The third-order valence-corrected chi connectivity index (χ3v) is 2.69. The van der Waals surface area contributed by atoms with E-state index < -0.39 is 0 Å². The van der Waals surface area contributed by atoms with Gasteiger partial charge in [-0.1, -0.05) is 32.0 Å². The van der Waals surface area contributed by atoms with Crippen molar-refractivity contribution in [3.63, 3.8) is 0 Å². The zero-order valence-corrected chi connectivity index (χ0v) is 9.75. The van der Waals surface area contributed by atoms with Gasteiger partial charge in [-0.25, -0.2) is 4.79 Å². The number of halogens is 1. The standard InChI is InChI=1S/C12H15ClO2/c1-12(2,8-13)9-15-11(14)10-6-4-3-5-7-10/h3-7H,8-9H2,1-2H3. The van der Waals surface area contributed by atoms with Crippen molar-refractivity contribution in [2.45, 2.75) is 13.8 Å². The van der Waals surface area contributed by atoms with Crippen molar-refractivity contribution >= 4 is 17.6 Å². The molecule has 0 amide bonds. The zero-order chi connectivity index (χ0) is 11.3. The van der Waals surface area contributed by atoms with E-state index in [-0.39, 0.29) is 11.4 Å². The topological polar surface area (TPSA) is 26.3 Å². The summed E-state index contributed by atoms with van der Waals surface area (Å²) in [5.41, 5.74) is 0.397. The van der Waals surface area contributed by atoms with Crippen LogP contribution in [0.5, 0.6) is 0 Å². The minimum Gasteiger partial charge on any atom is -0.461 e. The molecular weight excluding hydrogens is 212 g/mol. The highest BCUT2D eigenvalue weighted by molar-refractivity contribution is 6.18. The smallest absolute Gasteiger partial charge is 0.338 e. The molecule has 0 aliphatic carbocycles. The Morgan fingerprint density at radius 2 is 1.93 bits per heavy atom. The molecule has 0 radical (unpaired) electrons. The lowest BCUT2D eigenvalue weighted by Gasteiger charge is -2.20. The van der Waals surface area contributed by atoms with Crippen LogP contribution in [0.2, 0.25) is 0 Å². The van der Waals surface area contributed by atoms with E-state index in [1.54, 1.807) is 12.1 Å². The lowest BCUT2D eigenvalue weighted by molar-refractivity contribution is 0.0371. The molecule has 1 aromatic rings. The number of rotatable bonds is 4. The van der Waals surface area contributed by atoms with Gasteiger partial charge >= 0.3 is 5.97 Å². The molecule has 2 nitrogen and oxygen atoms in total. The van der Waals surface area contributed by atoms with Gasteiger partial charge in [0.2, 0.25) is 0 Å². The maximum absolute atomic E-state index is 11.5. The van der Waals surface area contributed by atoms with Gasteiger partial charge in [0.25, 0.3) is 0 Å². The normalized spacial score (nSPS) is 11.1. The van der Waals surface area contributed by atoms with Crippen molar-refractivity contribution in [3.05, 3.63) is 35.9 Å². The molecule has 0 aromatic heterocycles. The van der Waals surface area contributed by atoms with E-state index in [0.717, 1.165) is 0 Å². The second-order valence-electron chi connectivity index (χ2n) is 4.24. The van der Waals surface area contributed by atoms with Crippen LogP contribution in [0.3, 0.4) is 0 Å². The van der Waals surface area contributed by atoms with Gasteiger partial charge < -0.3 is 4.74 Å². The molecule has 15 heavy (non-hydrogen) atoms. The molecule has 0 N–H and O–H groups in total. The van der Waals surface area contributed by atoms with Crippen molar-refractivity contribution in [1.82, 2.24) is 0 Å².